The first-order valence-corrected chi connectivity index (χ1v) is 13.5. The van der Waals surface area contributed by atoms with Gasteiger partial charge in [-0.05, 0) is 63.9 Å². The van der Waals surface area contributed by atoms with Crippen LogP contribution in [0.4, 0.5) is 16.0 Å². The Balaban J connectivity index is 1.43. The number of aryl methyl sites for hydroxylation is 1. The zero-order valence-electron chi connectivity index (χ0n) is 22.2. The summed E-state index contributed by atoms with van der Waals surface area (Å²) in [7, 11) is 0. The van der Waals surface area contributed by atoms with Crippen molar-refractivity contribution in [1.82, 2.24) is 10.2 Å². The molecule has 0 saturated carbocycles. The van der Waals surface area contributed by atoms with Gasteiger partial charge < -0.3 is 24.0 Å². The fraction of sp³-hybridized carbons (Fsp3) is 0.444. The zero-order chi connectivity index (χ0) is 26.4. The van der Waals surface area contributed by atoms with Crippen LogP contribution in [0.15, 0.2) is 30.3 Å². The average Bonchev–Trinajstić information content (AvgIpc) is 3.36. The van der Waals surface area contributed by atoms with Gasteiger partial charge in [-0.3, -0.25) is 10.1 Å². The van der Waals surface area contributed by atoms with E-state index in [0.29, 0.717) is 47.8 Å². The standard InChI is InChI=1S/C27H35N5O4S/c1-6-34-22-16-20(17-23(35-7-2)24(22)36-8-3)25(33)28-26-29-30-27(37-26)32-14-12-31(13-15-32)21-11-9-10-18(4)19(21)5/h9-11,16-17H,6-8,12-15H2,1-5H3,(H,28,29,33). The van der Waals surface area contributed by atoms with E-state index in [-0.39, 0.29) is 5.91 Å². The molecule has 0 atom stereocenters. The molecule has 37 heavy (non-hydrogen) atoms. The van der Waals surface area contributed by atoms with Crippen molar-refractivity contribution in [2.24, 2.45) is 0 Å². The number of carbonyl (C=O) groups is 1. The van der Waals surface area contributed by atoms with E-state index in [4.69, 9.17) is 14.2 Å². The fourth-order valence-corrected chi connectivity index (χ4v) is 5.09. The Labute approximate surface area is 222 Å². The molecule has 1 aromatic heterocycles. The van der Waals surface area contributed by atoms with Gasteiger partial charge in [0.1, 0.15) is 0 Å². The number of benzene rings is 2. The molecule has 1 N–H and O–H groups in total. The van der Waals surface area contributed by atoms with Crippen LogP contribution < -0.4 is 29.3 Å². The van der Waals surface area contributed by atoms with Crippen LogP contribution in [0.25, 0.3) is 0 Å². The summed E-state index contributed by atoms with van der Waals surface area (Å²) in [6, 6.07) is 9.78. The molecule has 10 heteroatoms. The van der Waals surface area contributed by atoms with Gasteiger partial charge >= 0.3 is 0 Å². The Hall–Kier alpha value is -3.53. The normalized spacial score (nSPS) is 13.4. The third-order valence-corrected chi connectivity index (χ3v) is 7.17. The Kier molecular flexibility index (Phi) is 8.70. The lowest BCUT2D eigenvalue weighted by Crippen LogP contribution is -2.46. The van der Waals surface area contributed by atoms with E-state index in [1.165, 1.54) is 28.2 Å². The molecule has 1 amide bonds. The molecule has 0 aliphatic carbocycles. The molecule has 1 saturated heterocycles. The summed E-state index contributed by atoms with van der Waals surface area (Å²) >= 11 is 1.37. The monoisotopic (exact) mass is 525 g/mol. The average molecular weight is 526 g/mol. The van der Waals surface area contributed by atoms with E-state index in [1.54, 1.807) is 12.1 Å². The van der Waals surface area contributed by atoms with Crippen molar-refractivity contribution in [3.63, 3.8) is 0 Å². The fourth-order valence-electron chi connectivity index (χ4n) is 4.30. The summed E-state index contributed by atoms with van der Waals surface area (Å²) in [5, 5.41) is 12.7. The molecule has 9 nitrogen and oxygen atoms in total. The highest BCUT2D eigenvalue weighted by Gasteiger charge is 2.23. The van der Waals surface area contributed by atoms with Crippen molar-refractivity contribution in [3.8, 4) is 17.2 Å². The van der Waals surface area contributed by atoms with Crippen LogP contribution in [0.2, 0.25) is 0 Å². The summed E-state index contributed by atoms with van der Waals surface area (Å²) in [6.45, 7) is 14.8. The molecule has 1 aliphatic rings. The molecule has 2 heterocycles. The van der Waals surface area contributed by atoms with Crippen LogP contribution in [-0.4, -0.2) is 62.1 Å². The van der Waals surface area contributed by atoms with Crippen LogP contribution in [-0.2, 0) is 0 Å². The van der Waals surface area contributed by atoms with Gasteiger partial charge in [-0.15, -0.1) is 10.2 Å². The maximum atomic E-state index is 13.1. The van der Waals surface area contributed by atoms with Crippen LogP contribution in [0.1, 0.15) is 42.3 Å². The van der Waals surface area contributed by atoms with E-state index >= 15 is 0 Å². The lowest BCUT2D eigenvalue weighted by atomic mass is 10.1. The third-order valence-electron chi connectivity index (χ3n) is 6.27. The van der Waals surface area contributed by atoms with Gasteiger partial charge in [0.2, 0.25) is 16.0 Å². The summed E-state index contributed by atoms with van der Waals surface area (Å²) in [5.41, 5.74) is 4.32. The topological polar surface area (TPSA) is 89.0 Å². The number of aromatic nitrogens is 2. The molecule has 4 rings (SSSR count). The van der Waals surface area contributed by atoms with Crippen LogP contribution in [0, 0.1) is 13.8 Å². The molecule has 0 bridgehead atoms. The van der Waals surface area contributed by atoms with Gasteiger partial charge in [0.15, 0.2) is 11.5 Å². The number of anilines is 3. The number of hydrogen-bond acceptors (Lipinski definition) is 9. The number of piperazine rings is 1. The maximum Gasteiger partial charge on any atom is 0.257 e. The first-order chi connectivity index (χ1) is 17.9. The molecule has 0 unspecified atom stereocenters. The number of hydrogen-bond donors (Lipinski definition) is 1. The third kappa shape index (κ3) is 6.07. The number of ether oxygens (including phenoxy) is 3. The quantitative estimate of drug-likeness (QED) is 0.399. The smallest absolute Gasteiger partial charge is 0.257 e. The summed E-state index contributed by atoms with van der Waals surface area (Å²) in [4.78, 5) is 17.7. The van der Waals surface area contributed by atoms with Crippen molar-refractivity contribution in [3.05, 3.63) is 47.0 Å². The lowest BCUT2D eigenvalue weighted by molar-refractivity contribution is 0.102. The largest absolute Gasteiger partial charge is 0.490 e. The van der Waals surface area contributed by atoms with Crippen LogP contribution >= 0.6 is 11.3 Å². The van der Waals surface area contributed by atoms with Gasteiger partial charge in [-0.2, -0.15) is 0 Å². The predicted octanol–water partition coefficient (Wildman–Crippen LogP) is 4.93. The highest BCUT2D eigenvalue weighted by Crippen LogP contribution is 2.39. The van der Waals surface area contributed by atoms with E-state index in [2.05, 4.69) is 57.4 Å². The minimum absolute atomic E-state index is 0.313. The van der Waals surface area contributed by atoms with Gasteiger partial charge in [-0.1, -0.05) is 23.5 Å². The SMILES string of the molecule is CCOc1cc(C(=O)Nc2nnc(N3CCN(c4cccc(C)c4C)CC3)s2)cc(OCC)c1OCC. The maximum absolute atomic E-state index is 13.1. The van der Waals surface area contributed by atoms with Gasteiger partial charge in [0.25, 0.3) is 5.91 Å². The number of nitrogens with zero attached hydrogens (tertiary/aromatic N) is 4. The molecular formula is C27H35N5O4S. The summed E-state index contributed by atoms with van der Waals surface area (Å²) < 4.78 is 17.2. The number of carbonyl (C=O) groups excluding carboxylic acids is 1. The first kappa shape index (κ1) is 26.5. The van der Waals surface area contributed by atoms with E-state index < -0.39 is 0 Å². The number of amides is 1. The summed E-state index contributed by atoms with van der Waals surface area (Å²) in [5.74, 6) is 1.13. The predicted molar refractivity (Wildman–Crippen MR) is 148 cm³/mol. The molecule has 198 valence electrons. The van der Waals surface area contributed by atoms with E-state index in [9.17, 15) is 4.79 Å². The molecule has 3 aromatic rings. The van der Waals surface area contributed by atoms with Gasteiger partial charge in [0.05, 0.1) is 19.8 Å². The minimum Gasteiger partial charge on any atom is -0.490 e. The Morgan fingerprint density at radius 2 is 1.54 bits per heavy atom. The molecule has 2 aromatic carbocycles. The second-order valence-electron chi connectivity index (χ2n) is 8.64. The first-order valence-electron chi connectivity index (χ1n) is 12.7. The summed E-state index contributed by atoms with van der Waals surface area (Å²) in [6.07, 6.45) is 0. The molecular weight excluding hydrogens is 490 g/mol. The van der Waals surface area contributed by atoms with Crippen molar-refractivity contribution in [1.29, 1.82) is 0 Å². The van der Waals surface area contributed by atoms with Crippen molar-refractivity contribution < 1.29 is 19.0 Å². The molecule has 1 fully saturated rings. The van der Waals surface area contributed by atoms with Gasteiger partial charge in [-0.25, -0.2) is 0 Å². The minimum atomic E-state index is -0.313. The van der Waals surface area contributed by atoms with Crippen molar-refractivity contribution in [2.75, 3.05) is 61.1 Å². The Morgan fingerprint density at radius 3 is 2.16 bits per heavy atom. The zero-order valence-corrected chi connectivity index (χ0v) is 23.0. The number of nitrogens with one attached hydrogen (secondary N) is 1. The lowest BCUT2D eigenvalue weighted by Gasteiger charge is -2.36. The van der Waals surface area contributed by atoms with Gasteiger partial charge in [0, 0.05) is 37.4 Å². The Morgan fingerprint density at radius 1 is 0.919 bits per heavy atom. The highest BCUT2D eigenvalue weighted by molar-refractivity contribution is 7.19. The molecule has 0 spiro atoms. The Bertz CT molecular complexity index is 1200. The van der Waals surface area contributed by atoms with Crippen molar-refractivity contribution in [2.45, 2.75) is 34.6 Å². The molecule has 0 radical (unpaired) electrons. The second kappa shape index (κ2) is 12.1. The van der Waals surface area contributed by atoms with Crippen LogP contribution in [0.3, 0.4) is 0 Å². The van der Waals surface area contributed by atoms with E-state index in [1.807, 2.05) is 20.8 Å². The molecule has 1 aliphatic heterocycles. The van der Waals surface area contributed by atoms with E-state index in [0.717, 1.165) is 31.3 Å². The second-order valence-corrected chi connectivity index (χ2v) is 9.59. The number of rotatable bonds is 10. The van der Waals surface area contributed by atoms with Crippen LogP contribution in [0.5, 0.6) is 17.2 Å². The van der Waals surface area contributed by atoms with Crippen molar-refractivity contribution >= 4 is 33.2 Å². The highest BCUT2D eigenvalue weighted by atomic mass is 32.1.